The monoisotopic (exact) mass is 370 g/mol. The first-order valence-electron chi connectivity index (χ1n) is 8.32. The van der Waals surface area contributed by atoms with Crippen LogP contribution in [-0.4, -0.2) is 57.6 Å². The number of carbonyl (C=O) groups is 1. The molecule has 1 aromatic carbocycles. The number of hydrogen-bond donors (Lipinski definition) is 2. The smallest absolute Gasteiger partial charge is 0.251 e. The largest absolute Gasteiger partial charge is 0.495 e. The lowest BCUT2D eigenvalue weighted by Gasteiger charge is -2.26. The average Bonchev–Trinajstić information content (AvgIpc) is 2.59. The molecule has 0 aliphatic heterocycles. The molecule has 0 spiro atoms. The van der Waals surface area contributed by atoms with E-state index in [1.54, 1.807) is 6.07 Å². The first-order chi connectivity index (χ1) is 11.8. The van der Waals surface area contributed by atoms with E-state index in [-0.39, 0.29) is 34.1 Å². The van der Waals surface area contributed by atoms with E-state index in [0.29, 0.717) is 13.0 Å². The summed E-state index contributed by atoms with van der Waals surface area (Å²) in [6.45, 7) is 0.470. The molecule has 1 aromatic rings. The van der Waals surface area contributed by atoms with Gasteiger partial charge in [0, 0.05) is 26.2 Å². The molecule has 25 heavy (non-hydrogen) atoms. The van der Waals surface area contributed by atoms with Crippen molar-refractivity contribution in [3.63, 3.8) is 0 Å². The van der Waals surface area contributed by atoms with Gasteiger partial charge in [-0.25, -0.2) is 12.7 Å². The number of nitrogens with zero attached hydrogens (tertiary/aromatic N) is 1. The van der Waals surface area contributed by atoms with Gasteiger partial charge in [0.1, 0.15) is 10.6 Å². The van der Waals surface area contributed by atoms with E-state index in [1.165, 1.54) is 33.3 Å². The molecule has 2 atom stereocenters. The second-order valence-electron chi connectivity index (χ2n) is 6.55. The Hall–Kier alpha value is -1.64. The highest BCUT2D eigenvalue weighted by Crippen LogP contribution is 2.27. The van der Waals surface area contributed by atoms with Crippen molar-refractivity contribution >= 4 is 15.9 Å². The Morgan fingerprint density at radius 2 is 2.08 bits per heavy atom. The average molecular weight is 370 g/mol. The van der Waals surface area contributed by atoms with Crippen molar-refractivity contribution in [2.45, 2.75) is 36.7 Å². The lowest BCUT2D eigenvalue weighted by atomic mass is 9.87. The molecular formula is C17H26N2O5S. The highest BCUT2D eigenvalue weighted by molar-refractivity contribution is 7.89. The van der Waals surface area contributed by atoms with Gasteiger partial charge in [-0.15, -0.1) is 0 Å². The van der Waals surface area contributed by atoms with E-state index in [9.17, 15) is 18.3 Å². The molecule has 0 saturated heterocycles. The lowest BCUT2D eigenvalue weighted by molar-refractivity contribution is 0.0873. The third kappa shape index (κ3) is 4.71. The van der Waals surface area contributed by atoms with Gasteiger partial charge in [-0.3, -0.25) is 4.79 Å². The molecule has 0 heterocycles. The summed E-state index contributed by atoms with van der Waals surface area (Å²) < 4.78 is 31.0. The summed E-state index contributed by atoms with van der Waals surface area (Å²) in [5, 5.41) is 12.5. The standard InChI is InChI=1S/C17H26N2O5S/c1-19(2)25(22,23)16-10-13(7-8-15(16)24-3)17(21)18-11-12-5-4-6-14(20)9-12/h7-8,10,12,14,20H,4-6,9,11H2,1-3H3,(H,18,21)/t12-,14-/m1/s1. The van der Waals surface area contributed by atoms with Gasteiger partial charge in [0.15, 0.2) is 0 Å². The van der Waals surface area contributed by atoms with E-state index in [0.717, 1.165) is 23.6 Å². The van der Waals surface area contributed by atoms with Crippen LogP contribution in [0.15, 0.2) is 23.1 Å². The summed E-state index contributed by atoms with van der Waals surface area (Å²) >= 11 is 0. The molecule has 2 rings (SSSR count). The van der Waals surface area contributed by atoms with E-state index >= 15 is 0 Å². The van der Waals surface area contributed by atoms with Crippen molar-refractivity contribution in [3.05, 3.63) is 23.8 Å². The van der Waals surface area contributed by atoms with Crippen molar-refractivity contribution in [2.75, 3.05) is 27.7 Å². The van der Waals surface area contributed by atoms with Gasteiger partial charge in [-0.2, -0.15) is 0 Å². The lowest BCUT2D eigenvalue weighted by Crippen LogP contribution is -2.33. The number of nitrogens with one attached hydrogen (secondary N) is 1. The van der Waals surface area contributed by atoms with Crippen LogP contribution in [0.2, 0.25) is 0 Å². The fourth-order valence-corrected chi connectivity index (χ4v) is 4.08. The predicted molar refractivity (Wildman–Crippen MR) is 94.2 cm³/mol. The molecular weight excluding hydrogens is 344 g/mol. The van der Waals surface area contributed by atoms with Crippen molar-refractivity contribution in [2.24, 2.45) is 5.92 Å². The minimum atomic E-state index is -3.72. The van der Waals surface area contributed by atoms with Crippen LogP contribution in [0.5, 0.6) is 5.75 Å². The van der Waals surface area contributed by atoms with Gasteiger partial charge in [-0.05, 0) is 43.4 Å². The van der Waals surface area contributed by atoms with Crippen LogP contribution < -0.4 is 10.1 Å². The topological polar surface area (TPSA) is 95.9 Å². The maximum Gasteiger partial charge on any atom is 0.251 e. The van der Waals surface area contributed by atoms with Crippen molar-refractivity contribution in [1.82, 2.24) is 9.62 Å². The zero-order valence-electron chi connectivity index (χ0n) is 14.9. The van der Waals surface area contributed by atoms with Crippen molar-refractivity contribution in [1.29, 1.82) is 0 Å². The minimum Gasteiger partial charge on any atom is -0.495 e. The van der Waals surface area contributed by atoms with Crippen molar-refractivity contribution in [3.8, 4) is 5.75 Å². The fourth-order valence-electron chi connectivity index (χ4n) is 3.00. The summed E-state index contributed by atoms with van der Waals surface area (Å²) in [6.07, 6.45) is 3.13. The maximum atomic E-state index is 12.4. The van der Waals surface area contributed by atoms with E-state index in [1.807, 2.05) is 0 Å². The van der Waals surface area contributed by atoms with Crippen LogP contribution in [0.4, 0.5) is 0 Å². The zero-order chi connectivity index (χ0) is 18.6. The summed E-state index contributed by atoms with van der Waals surface area (Å²) in [5.74, 6) is 0.106. The number of amides is 1. The first-order valence-corrected chi connectivity index (χ1v) is 9.76. The summed E-state index contributed by atoms with van der Waals surface area (Å²) in [6, 6.07) is 4.35. The molecule has 0 bridgehead atoms. The van der Waals surface area contributed by atoms with Gasteiger partial charge < -0.3 is 15.2 Å². The summed E-state index contributed by atoms with van der Waals surface area (Å²) in [5.41, 5.74) is 0.262. The maximum absolute atomic E-state index is 12.4. The van der Waals surface area contributed by atoms with Crippen LogP contribution in [-0.2, 0) is 10.0 Å². The van der Waals surface area contributed by atoms with Crippen LogP contribution in [0.25, 0.3) is 0 Å². The van der Waals surface area contributed by atoms with Crippen molar-refractivity contribution < 1.29 is 23.1 Å². The van der Waals surface area contributed by atoms with Gasteiger partial charge in [0.25, 0.3) is 5.91 Å². The number of carbonyl (C=O) groups excluding carboxylic acids is 1. The van der Waals surface area contributed by atoms with E-state index in [2.05, 4.69) is 5.32 Å². The van der Waals surface area contributed by atoms with E-state index < -0.39 is 10.0 Å². The molecule has 2 N–H and O–H groups in total. The Balaban J connectivity index is 2.15. The summed E-state index contributed by atoms with van der Waals surface area (Å²) in [4.78, 5) is 12.4. The molecule has 1 amide bonds. The molecule has 1 saturated carbocycles. The Morgan fingerprint density at radius 3 is 2.68 bits per heavy atom. The SMILES string of the molecule is COc1ccc(C(=O)NC[C@@H]2CCC[C@@H](O)C2)cc1S(=O)(=O)N(C)C. The van der Waals surface area contributed by atoms with Gasteiger partial charge in [-0.1, -0.05) is 6.42 Å². The molecule has 1 fully saturated rings. The van der Waals surface area contributed by atoms with Gasteiger partial charge in [0.05, 0.1) is 13.2 Å². The highest BCUT2D eigenvalue weighted by Gasteiger charge is 2.25. The number of ether oxygens (including phenoxy) is 1. The number of aliphatic hydroxyl groups is 1. The van der Waals surface area contributed by atoms with Gasteiger partial charge in [0.2, 0.25) is 10.0 Å². The Kier molecular flexibility index (Phi) is 6.42. The van der Waals surface area contributed by atoms with Crippen LogP contribution in [0, 0.1) is 5.92 Å². The quantitative estimate of drug-likeness (QED) is 0.785. The Bertz CT molecular complexity index is 718. The highest BCUT2D eigenvalue weighted by atomic mass is 32.2. The van der Waals surface area contributed by atoms with Gasteiger partial charge >= 0.3 is 0 Å². The molecule has 0 unspecified atom stereocenters. The molecule has 140 valence electrons. The Morgan fingerprint density at radius 1 is 1.36 bits per heavy atom. The van der Waals surface area contributed by atoms with Crippen LogP contribution in [0.1, 0.15) is 36.0 Å². The van der Waals surface area contributed by atoms with Crippen LogP contribution in [0.3, 0.4) is 0 Å². The molecule has 1 aliphatic carbocycles. The fraction of sp³-hybridized carbons (Fsp3) is 0.588. The minimum absolute atomic E-state index is 0.0410. The van der Waals surface area contributed by atoms with Crippen LogP contribution >= 0.6 is 0 Å². The summed E-state index contributed by atoms with van der Waals surface area (Å²) in [7, 11) is 0.517. The Labute approximate surface area is 149 Å². The molecule has 0 radical (unpaired) electrons. The third-order valence-corrected chi connectivity index (χ3v) is 6.33. The normalized spacial score (nSPS) is 21.2. The second kappa shape index (κ2) is 8.16. The number of rotatable bonds is 6. The second-order valence-corrected chi connectivity index (χ2v) is 8.67. The molecule has 8 heteroatoms. The number of hydrogen-bond acceptors (Lipinski definition) is 5. The van der Waals surface area contributed by atoms with E-state index in [4.69, 9.17) is 4.74 Å². The zero-order valence-corrected chi connectivity index (χ0v) is 15.7. The molecule has 1 aliphatic rings. The number of sulfonamides is 1. The first kappa shape index (κ1) is 19.7. The number of benzene rings is 1. The molecule has 7 nitrogen and oxygen atoms in total. The number of aliphatic hydroxyl groups excluding tert-OH is 1. The molecule has 0 aromatic heterocycles. The third-order valence-electron chi connectivity index (χ3n) is 4.49. The predicted octanol–water partition coefficient (Wildman–Crippen LogP) is 1.23. The number of methoxy groups -OCH3 is 1.